The number of nitrogens with one attached hydrogen (secondary N) is 1. The molecule has 2 aliphatic heterocycles. The van der Waals surface area contributed by atoms with Gasteiger partial charge in [0, 0.05) is 24.8 Å². The van der Waals surface area contributed by atoms with E-state index in [1.165, 1.54) is 24.1 Å². The summed E-state index contributed by atoms with van der Waals surface area (Å²) in [6.07, 6.45) is 3.61. The first-order chi connectivity index (χ1) is 9.86. The highest BCUT2D eigenvalue weighted by atomic mass is 16.5. The second kappa shape index (κ2) is 6.46. The molecule has 1 aromatic carbocycles. The van der Waals surface area contributed by atoms with Gasteiger partial charge in [-0.1, -0.05) is 0 Å². The Morgan fingerprint density at radius 1 is 1.35 bits per heavy atom. The Hall–Kier alpha value is -1.26. The number of hydrogen-bond acceptors (Lipinski definition) is 4. The maximum Gasteiger partial charge on any atom is 0.122 e. The number of methoxy groups -OCH3 is 1. The first-order valence-electron chi connectivity index (χ1n) is 7.60. The van der Waals surface area contributed by atoms with Crippen LogP contribution in [-0.2, 0) is 11.2 Å². The number of rotatable bonds is 4. The Morgan fingerprint density at radius 2 is 2.20 bits per heavy atom. The van der Waals surface area contributed by atoms with E-state index >= 15 is 0 Å². The molecule has 2 heterocycles. The number of nitrogens with zero attached hydrogens (tertiary/aromatic N) is 1. The van der Waals surface area contributed by atoms with Gasteiger partial charge in [-0.2, -0.15) is 0 Å². The summed E-state index contributed by atoms with van der Waals surface area (Å²) in [5, 5.41) is 3.57. The van der Waals surface area contributed by atoms with Gasteiger partial charge in [0.25, 0.3) is 0 Å². The van der Waals surface area contributed by atoms with E-state index < -0.39 is 0 Å². The maximum atomic E-state index is 5.53. The summed E-state index contributed by atoms with van der Waals surface area (Å²) in [6.45, 7) is 4.76. The largest absolute Gasteiger partial charge is 0.496 e. The van der Waals surface area contributed by atoms with Gasteiger partial charge in [0.2, 0.25) is 0 Å². The van der Waals surface area contributed by atoms with Crippen molar-refractivity contribution in [3.8, 4) is 5.75 Å². The van der Waals surface area contributed by atoms with Gasteiger partial charge in [0.05, 0.1) is 20.3 Å². The summed E-state index contributed by atoms with van der Waals surface area (Å²) in [5.41, 5.74) is 2.61. The second-order valence-electron chi connectivity index (χ2n) is 5.59. The van der Waals surface area contributed by atoms with Crippen molar-refractivity contribution < 1.29 is 9.47 Å². The van der Waals surface area contributed by atoms with Gasteiger partial charge in [0.1, 0.15) is 5.75 Å². The van der Waals surface area contributed by atoms with Crippen LogP contribution in [0.2, 0.25) is 0 Å². The molecule has 0 radical (unpaired) electrons. The quantitative estimate of drug-likeness (QED) is 0.909. The van der Waals surface area contributed by atoms with Gasteiger partial charge in [-0.3, -0.25) is 0 Å². The van der Waals surface area contributed by atoms with Gasteiger partial charge < -0.3 is 19.7 Å². The average Bonchev–Trinajstić information content (AvgIpc) is 3.01. The van der Waals surface area contributed by atoms with Gasteiger partial charge >= 0.3 is 0 Å². The van der Waals surface area contributed by atoms with Crippen molar-refractivity contribution in [1.29, 1.82) is 0 Å². The molecule has 4 heteroatoms. The number of ether oxygens (including phenoxy) is 2. The van der Waals surface area contributed by atoms with Crippen molar-refractivity contribution in [2.75, 3.05) is 44.9 Å². The summed E-state index contributed by atoms with van der Waals surface area (Å²) < 4.78 is 11.0. The minimum atomic E-state index is 0.601. The van der Waals surface area contributed by atoms with Crippen molar-refractivity contribution in [3.63, 3.8) is 0 Å². The molecule has 0 aliphatic carbocycles. The van der Waals surface area contributed by atoms with Crippen LogP contribution in [0, 0.1) is 0 Å². The van der Waals surface area contributed by atoms with E-state index in [4.69, 9.17) is 9.47 Å². The molecule has 2 aliphatic rings. The molecule has 1 atom stereocenters. The molecule has 110 valence electrons. The smallest absolute Gasteiger partial charge is 0.122 e. The summed E-state index contributed by atoms with van der Waals surface area (Å²) in [5.74, 6) is 1.01. The fourth-order valence-electron chi connectivity index (χ4n) is 3.14. The molecule has 2 saturated heterocycles. The zero-order valence-corrected chi connectivity index (χ0v) is 12.2. The molecule has 1 aromatic rings. The first kappa shape index (κ1) is 13.7. The maximum absolute atomic E-state index is 5.53. The van der Waals surface area contributed by atoms with Crippen LogP contribution in [0.5, 0.6) is 5.75 Å². The van der Waals surface area contributed by atoms with Crippen LogP contribution in [0.1, 0.15) is 18.4 Å². The average molecular weight is 276 g/mol. The van der Waals surface area contributed by atoms with Gasteiger partial charge in [-0.25, -0.2) is 0 Å². The summed E-state index contributed by atoms with van der Waals surface area (Å²) in [4.78, 5) is 2.40. The highest BCUT2D eigenvalue weighted by Crippen LogP contribution is 2.28. The van der Waals surface area contributed by atoms with Crippen LogP contribution in [0.15, 0.2) is 18.2 Å². The van der Waals surface area contributed by atoms with Gasteiger partial charge in [0.15, 0.2) is 0 Å². The molecule has 1 N–H and O–H groups in total. The molecule has 1 unspecified atom stereocenters. The second-order valence-corrected chi connectivity index (χ2v) is 5.59. The summed E-state index contributed by atoms with van der Waals surface area (Å²) in [7, 11) is 1.76. The van der Waals surface area contributed by atoms with Crippen molar-refractivity contribution in [2.45, 2.75) is 25.3 Å². The van der Waals surface area contributed by atoms with Crippen LogP contribution < -0.4 is 15.0 Å². The Balaban J connectivity index is 1.78. The van der Waals surface area contributed by atoms with E-state index in [1.807, 2.05) is 0 Å². The number of benzene rings is 1. The molecule has 0 amide bonds. The predicted molar refractivity (Wildman–Crippen MR) is 80.8 cm³/mol. The number of morpholine rings is 1. The minimum absolute atomic E-state index is 0.601. The van der Waals surface area contributed by atoms with Crippen molar-refractivity contribution in [1.82, 2.24) is 5.32 Å². The molecule has 0 saturated carbocycles. The van der Waals surface area contributed by atoms with Gasteiger partial charge in [-0.05, 0) is 49.6 Å². The third-order valence-electron chi connectivity index (χ3n) is 4.27. The minimum Gasteiger partial charge on any atom is -0.496 e. The van der Waals surface area contributed by atoms with Crippen LogP contribution in [-0.4, -0.2) is 46.0 Å². The molecule has 0 bridgehead atoms. The molecular weight excluding hydrogens is 252 g/mol. The van der Waals surface area contributed by atoms with Crippen LogP contribution in [0.4, 0.5) is 5.69 Å². The summed E-state index contributed by atoms with van der Waals surface area (Å²) >= 11 is 0. The Bertz CT molecular complexity index is 438. The monoisotopic (exact) mass is 276 g/mol. The Kier molecular flexibility index (Phi) is 4.43. The molecule has 3 rings (SSSR count). The third kappa shape index (κ3) is 3.07. The highest BCUT2D eigenvalue weighted by molar-refractivity contribution is 5.53. The van der Waals surface area contributed by atoms with Crippen LogP contribution in [0.3, 0.4) is 0 Å². The van der Waals surface area contributed by atoms with E-state index in [-0.39, 0.29) is 0 Å². The number of anilines is 1. The molecule has 4 nitrogen and oxygen atoms in total. The van der Waals surface area contributed by atoms with E-state index in [2.05, 4.69) is 28.4 Å². The Morgan fingerprint density at radius 3 is 2.90 bits per heavy atom. The molecule has 2 fully saturated rings. The fourth-order valence-corrected chi connectivity index (χ4v) is 3.14. The molecule has 0 aromatic heterocycles. The lowest BCUT2D eigenvalue weighted by Gasteiger charge is -2.29. The lowest BCUT2D eigenvalue weighted by molar-refractivity contribution is 0.122. The standard InChI is InChI=1S/C16H24N2O2/c1-19-16-5-4-15(18-7-9-20-10-8-18)12-13(16)11-14-3-2-6-17-14/h4-5,12,14,17H,2-3,6-11H2,1H3. The Labute approximate surface area is 121 Å². The molecule has 20 heavy (non-hydrogen) atoms. The lowest BCUT2D eigenvalue weighted by atomic mass is 10.0. The third-order valence-corrected chi connectivity index (χ3v) is 4.27. The summed E-state index contributed by atoms with van der Waals surface area (Å²) in [6, 6.07) is 7.17. The van der Waals surface area contributed by atoms with E-state index in [1.54, 1.807) is 7.11 Å². The van der Waals surface area contributed by atoms with Gasteiger partial charge in [-0.15, -0.1) is 0 Å². The van der Waals surface area contributed by atoms with Crippen molar-refractivity contribution in [2.24, 2.45) is 0 Å². The van der Waals surface area contributed by atoms with Crippen LogP contribution >= 0.6 is 0 Å². The zero-order valence-electron chi connectivity index (χ0n) is 12.2. The first-order valence-corrected chi connectivity index (χ1v) is 7.60. The molecular formula is C16H24N2O2. The predicted octanol–water partition coefficient (Wildman–Crippen LogP) is 1.83. The lowest BCUT2D eigenvalue weighted by Crippen LogP contribution is -2.36. The highest BCUT2D eigenvalue weighted by Gasteiger charge is 2.18. The van der Waals surface area contributed by atoms with Crippen molar-refractivity contribution >= 4 is 5.69 Å². The van der Waals surface area contributed by atoms with E-state index in [0.717, 1.165) is 45.0 Å². The zero-order chi connectivity index (χ0) is 13.8. The number of hydrogen-bond donors (Lipinski definition) is 1. The van der Waals surface area contributed by atoms with E-state index in [9.17, 15) is 0 Å². The SMILES string of the molecule is COc1ccc(N2CCOCC2)cc1CC1CCCN1. The fraction of sp³-hybridized carbons (Fsp3) is 0.625. The van der Waals surface area contributed by atoms with Crippen LogP contribution in [0.25, 0.3) is 0 Å². The van der Waals surface area contributed by atoms with E-state index in [0.29, 0.717) is 6.04 Å². The van der Waals surface area contributed by atoms with Crippen molar-refractivity contribution in [3.05, 3.63) is 23.8 Å². The topological polar surface area (TPSA) is 33.7 Å². The molecule has 0 spiro atoms. The normalized spacial score (nSPS) is 23.1.